The maximum atomic E-state index is 6.07. The summed E-state index contributed by atoms with van der Waals surface area (Å²) in [4.78, 5) is 0. The highest BCUT2D eigenvalue weighted by atomic mass is 35.5. The van der Waals surface area contributed by atoms with Gasteiger partial charge in [-0.1, -0.05) is 53.2 Å². The summed E-state index contributed by atoms with van der Waals surface area (Å²) < 4.78 is 13.7. The Labute approximate surface area is 165 Å². The Balaban J connectivity index is 1.47. The van der Waals surface area contributed by atoms with Crippen LogP contribution in [0.5, 0.6) is 11.5 Å². The van der Waals surface area contributed by atoms with Crippen LogP contribution in [0.3, 0.4) is 0 Å². The summed E-state index contributed by atoms with van der Waals surface area (Å²) in [5, 5.41) is 10.5. The largest absolute Gasteiger partial charge is 0.485 e. The molecule has 5 nitrogen and oxygen atoms in total. The Morgan fingerprint density at radius 2 is 1.92 bits per heavy atom. The summed E-state index contributed by atoms with van der Waals surface area (Å²) in [6.45, 7) is 0.403. The maximum absolute atomic E-state index is 6.07. The van der Waals surface area contributed by atoms with Crippen molar-refractivity contribution in [3.8, 4) is 11.5 Å². The van der Waals surface area contributed by atoms with Gasteiger partial charge in [0.15, 0.2) is 28.6 Å². The summed E-state index contributed by atoms with van der Waals surface area (Å²) in [6.07, 6.45) is -0.290. The lowest BCUT2D eigenvalue weighted by atomic mass is 10.2. The Hall–Kier alpha value is -1.89. The van der Waals surface area contributed by atoms with Crippen LogP contribution in [0.1, 0.15) is 17.5 Å². The van der Waals surface area contributed by atoms with E-state index in [1.807, 2.05) is 48.0 Å². The van der Waals surface area contributed by atoms with Crippen LogP contribution < -0.4 is 9.47 Å². The van der Waals surface area contributed by atoms with Crippen molar-refractivity contribution in [2.75, 3.05) is 6.61 Å². The van der Waals surface area contributed by atoms with Gasteiger partial charge in [-0.15, -0.1) is 10.2 Å². The van der Waals surface area contributed by atoms with Gasteiger partial charge >= 0.3 is 0 Å². The zero-order valence-corrected chi connectivity index (χ0v) is 16.2. The van der Waals surface area contributed by atoms with Crippen LogP contribution in [0.2, 0.25) is 10.0 Å². The molecule has 1 aliphatic rings. The molecule has 0 N–H and O–H groups in total. The standard InChI is InChI=1S/C18H15Cl2N3O2S/c1-23-17(16-9-24-14-4-2-3-5-15(14)25-16)21-22-18(23)26-10-11-6-7-12(19)13(20)8-11/h2-8,16H,9-10H2,1H3/t16-/m0/s1. The van der Waals surface area contributed by atoms with E-state index in [1.165, 1.54) is 0 Å². The van der Waals surface area contributed by atoms with Gasteiger partial charge in [-0.2, -0.15) is 0 Å². The Morgan fingerprint density at radius 3 is 2.73 bits per heavy atom. The van der Waals surface area contributed by atoms with Crippen LogP contribution in [-0.4, -0.2) is 21.4 Å². The molecule has 0 aliphatic carbocycles. The van der Waals surface area contributed by atoms with Crippen molar-refractivity contribution < 1.29 is 9.47 Å². The van der Waals surface area contributed by atoms with E-state index < -0.39 is 0 Å². The average Bonchev–Trinajstić information content (AvgIpc) is 3.03. The van der Waals surface area contributed by atoms with Gasteiger partial charge in [-0.3, -0.25) is 0 Å². The number of ether oxygens (including phenoxy) is 2. The topological polar surface area (TPSA) is 49.2 Å². The van der Waals surface area contributed by atoms with E-state index >= 15 is 0 Å². The SMILES string of the molecule is Cn1c(SCc2ccc(Cl)c(Cl)c2)nnc1[C@@H]1COc2ccccc2O1. The molecule has 2 aromatic carbocycles. The van der Waals surface area contributed by atoms with Crippen molar-refractivity contribution >= 4 is 35.0 Å². The minimum Gasteiger partial charge on any atom is -0.485 e. The highest BCUT2D eigenvalue weighted by molar-refractivity contribution is 7.98. The fourth-order valence-electron chi connectivity index (χ4n) is 2.66. The number of thioether (sulfide) groups is 1. The summed E-state index contributed by atoms with van der Waals surface area (Å²) in [5.41, 5.74) is 1.07. The van der Waals surface area contributed by atoms with Gasteiger partial charge < -0.3 is 14.0 Å². The van der Waals surface area contributed by atoms with Crippen LogP contribution in [0, 0.1) is 0 Å². The van der Waals surface area contributed by atoms with Gasteiger partial charge in [0.05, 0.1) is 10.0 Å². The number of halogens is 2. The van der Waals surface area contributed by atoms with Crippen LogP contribution in [-0.2, 0) is 12.8 Å². The molecule has 0 saturated carbocycles. The molecule has 3 aromatic rings. The van der Waals surface area contributed by atoms with Gasteiger partial charge in [0, 0.05) is 12.8 Å². The predicted octanol–water partition coefficient (Wildman–Crippen LogP) is 4.93. The molecule has 26 heavy (non-hydrogen) atoms. The van der Waals surface area contributed by atoms with Crippen molar-refractivity contribution in [1.82, 2.24) is 14.8 Å². The molecular formula is C18H15Cl2N3O2S. The number of fused-ring (bicyclic) bond motifs is 1. The van der Waals surface area contributed by atoms with Crippen LogP contribution in [0.15, 0.2) is 47.6 Å². The summed E-state index contributed by atoms with van der Waals surface area (Å²) in [7, 11) is 1.93. The molecule has 134 valence electrons. The van der Waals surface area contributed by atoms with Crippen LogP contribution in [0.25, 0.3) is 0 Å². The first-order chi connectivity index (χ1) is 12.6. The molecule has 0 unspecified atom stereocenters. The molecule has 1 atom stereocenters. The third-order valence-corrected chi connectivity index (χ3v) is 5.85. The number of benzene rings is 2. The number of para-hydroxylation sites is 2. The molecule has 0 spiro atoms. The maximum Gasteiger partial charge on any atom is 0.192 e. The second-order valence-electron chi connectivity index (χ2n) is 5.80. The van der Waals surface area contributed by atoms with Gasteiger partial charge in [-0.25, -0.2) is 0 Å². The quantitative estimate of drug-likeness (QED) is 0.573. The molecule has 0 saturated heterocycles. The average molecular weight is 408 g/mol. The molecular weight excluding hydrogens is 393 g/mol. The number of aromatic nitrogens is 3. The Morgan fingerprint density at radius 1 is 1.12 bits per heavy atom. The fourth-order valence-corrected chi connectivity index (χ4v) is 3.84. The monoisotopic (exact) mass is 407 g/mol. The Kier molecular flexibility index (Phi) is 4.98. The number of nitrogens with zero attached hydrogens (tertiary/aromatic N) is 3. The van der Waals surface area contributed by atoms with Crippen LogP contribution >= 0.6 is 35.0 Å². The number of hydrogen-bond acceptors (Lipinski definition) is 5. The third-order valence-electron chi connectivity index (χ3n) is 4.02. The van der Waals surface area contributed by atoms with E-state index in [1.54, 1.807) is 17.8 Å². The lowest BCUT2D eigenvalue weighted by molar-refractivity contribution is 0.0825. The summed E-state index contributed by atoms with van der Waals surface area (Å²) in [5.74, 6) is 2.92. The van der Waals surface area contributed by atoms with Crippen molar-refractivity contribution in [2.45, 2.75) is 17.0 Å². The van der Waals surface area contributed by atoms with Gasteiger partial charge in [0.2, 0.25) is 0 Å². The van der Waals surface area contributed by atoms with E-state index in [9.17, 15) is 0 Å². The van der Waals surface area contributed by atoms with Crippen molar-refractivity contribution in [2.24, 2.45) is 7.05 Å². The summed E-state index contributed by atoms with van der Waals surface area (Å²) >= 11 is 13.6. The van der Waals surface area contributed by atoms with Crippen molar-refractivity contribution in [3.63, 3.8) is 0 Å². The molecule has 1 aliphatic heterocycles. The van der Waals surface area contributed by atoms with Crippen molar-refractivity contribution in [1.29, 1.82) is 0 Å². The number of hydrogen-bond donors (Lipinski definition) is 0. The summed E-state index contributed by atoms with van der Waals surface area (Å²) in [6, 6.07) is 13.2. The smallest absolute Gasteiger partial charge is 0.192 e. The molecule has 8 heteroatoms. The van der Waals surface area contributed by atoms with E-state index in [2.05, 4.69) is 10.2 Å². The molecule has 0 radical (unpaired) electrons. The number of rotatable bonds is 4. The van der Waals surface area contributed by atoms with E-state index in [4.69, 9.17) is 32.7 Å². The second kappa shape index (κ2) is 7.39. The highest BCUT2D eigenvalue weighted by Crippen LogP contribution is 2.36. The first kappa shape index (κ1) is 17.5. The van der Waals surface area contributed by atoms with E-state index in [0.29, 0.717) is 22.4 Å². The molecule has 0 bridgehead atoms. The van der Waals surface area contributed by atoms with Gasteiger partial charge in [0.25, 0.3) is 0 Å². The van der Waals surface area contributed by atoms with E-state index in [0.717, 1.165) is 28.0 Å². The molecule has 4 rings (SSSR count). The zero-order chi connectivity index (χ0) is 18.1. The molecule has 1 aromatic heterocycles. The van der Waals surface area contributed by atoms with Crippen LogP contribution in [0.4, 0.5) is 0 Å². The van der Waals surface area contributed by atoms with Gasteiger partial charge in [-0.05, 0) is 29.8 Å². The predicted molar refractivity (Wildman–Crippen MR) is 102 cm³/mol. The van der Waals surface area contributed by atoms with E-state index in [-0.39, 0.29) is 6.10 Å². The first-order valence-electron chi connectivity index (χ1n) is 7.96. The first-order valence-corrected chi connectivity index (χ1v) is 9.70. The Bertz CT molecular complexity index is 948. The van der Waals surface area contributed by atoms with Crippen molar-refractivity contribution in [3.05, 3.63) is 63.9 Å². The minimum absolute atomic E-state index is 0.290. The lowest BCUT2D eigenvalue weighted by Crippen LogP contribution is -2.24. The fraction of sp³-hybridized carbons (Fsp3) is 0.222. The van der Waals surface area contributed by atoms with Gasteiger partial charge in [0.1, 0.15) is 6.61 Å². The normalized spacial score (nSPS) is 15.9. The molecule has 2 heterocycles. The lowest BCUT2D eigenvalue weighted by Gasteiger charge is -2.25. The molecule has 0 fully saturated rings. The zero-order valence-electron chi connectivity index (χ0n) is 13.9. The second-order valence-corrected chi connectivity index (χ2v) is 7.56. The minimum atomic E-state index is -0.290. The molecule has 0 amide bonds. The highest BCUT2D eigenvalue weighted by Gasteiger charge is 2.27. The third kappa shape index (κ3) is 3.49.